The van der Waals surface area contributed by atoms with E-state index in [2.05, 4.69) is 0 Å². The van der Waals surface area contributed by atoms with Crippen LogP contribution in [-0.4, -0.2) is 55.8 Å². The van der Waals surface area contributed by atoms with Crippen molar-refractivity contribution < 1.29 is 17.9 Å². The normalized spacial score (nSPS) is 16.5. The molecule has 1 heterocycles. The predicted molar refractivity (Wildman–Crippen MR) is 113 cm³/mol. The minimum atomic E-state index is -3.55. The number of nitrogens with zero attached hydrogens (tertiary/aromatic N) is 2. The lowest BCUT2D eigenvalue weighted by atomic mass is 10.2. The minimum Gasteiger partial charge on any atom is -0.481 e. The number of sulfonamides is 1. The number of hydrogen-bond donors (Lipinski definition) is 0. The fraction of sp³-hybridized carbons (Fsp3) is 0.381. The zero-order valence-corrected chi connectivity index (χ0v) is 18.3. The molecule has 0 saturated carbocycles. The number of halogens is 1. The molecular formula is C21H25ClN2O4S. The SMILES string of the molecule is Cc1ccc(S(=O)(=O)N2CCN(C(=O)C(C)Oc3ccc(Cl)c(C)c3)CC2)cc1. The van der Waals surface area contributed by atoms with Gasteiger partial charge >= 0.3 is 0 Å². The van der Waals surface area contributed by atoms with E-state index in [1.807, 2.05) is 13.8 Å². The van der Waals surface area contributed by atoms with Gasteiger partial charge in [0, 0.05) is 31.2 Å². The number of carbonyl (C=O) groups excluding carboxylic acids is 1. The molecule has 3 rings (SSSR count). The van der Waals surface area contributed by atoms with Gasteiger partial charge in [-0.05, 0) is 56.7 Å². The molecule has 0 aromatic heterocycles. The van der Waals surface area contributed by atoms with Gasteiger partial charge in [-0.3, -0.25) is 4.79 Å². The highest BCUT2D eigenvalue weighted by Crippen LogP contribution is 2.23. The molecular weight excluding hydrogens is 412 g/mol. The smallest absolute Gasteiger partial charge is 0.263 e. The molecule has 8 heteroatoms. The van der Waals surface area contributed by atoms with E-state index in [9.17, 15) is 13.2 Å². The van der Waals surface area contributed by atoms with Crippen LogP contribution in [0.2, 0.25) is 5.02 Å². The van der Waals surface area contributed by atoms with E-state index in [-0.39, 0.29) is 23.9 Å². The molecule has 0 radical (unpaired) electrons. The van der Waals surface area contributed by atoms with Gasteiger partial charge in [0.25, 0.3) is 5.91 Å². The van der Waals surface area contributed by atoms with E-state index < -0.39 is 16.1 Å². The second-order valence-corrected chi connectivity index (χ2v) is 9.56. The molecule has 2 aromatic carbocycles. The molecule has 1 amide bonds. The molecule has 6 nitrogen and oxygen atoms in total. The number of benzene rings is 2. The van der Waals surface area contributed by atoms with Crippen LogP contribution in [0.3, 0.4) is 0 Å². The third-order valence-electron chi connectivity index (χ3n) is 5.00. The Morgan fingerprint density at radius 2 is 1.66 bits per heavy atom. The summed E-state index contributed by atoms with van der Waals surface area (Å²) in [4.78, 5) is 14.6. The second-order valence-electron chi connectivity index (χ2n) is 7.21. The number of piperazine rings is 1. The summed E-state index contributed by atoms with van der Waals surface area (Å²) in [5.74, 6) is 0.415. The van der Waals surface area contributed by atoms with E-state index in [1.54, 1.807) is 54.3 Å². The average molecular weight is 437 g/mol. The average Bonchev–Trinajstić information content (AvgIpc) is 2.70. The summed E-state index contributed by atoms with van der Waals surface area (Å²) in [5, 5.41) is 0.641. The summed E-state index contributed by atoms with van der Waals surface area (Å²) in [6, 6.07) is 12.0. The number of amides is 1. The molecule has 0 bridgehead atoms. The Labute approximate surface area is 177 Å². The monoisotopic (exact) mass is 436 g/mol. The molecule has 1 atom stereocenters. The van der Waals surface area contributed by atoms with Crippen molar-refractivity contribution in [2.24, 2.45) is 0 Å². The van der Waals surface area contributed by atoms with Crippen LogP contribution < -0.4 is 4.74 Å². The topological polar surface area (TPSA) is 66.9 Å². The molecule has 1 unspecified atom stereocenters. The van der Waals surface area contributed by atoms with Crippen LogP contribution in [0.25, 0.3) is 0 Å². The highest BCUT2D eigenvalue weighted by atomic mass is 35.5. The van der Waals surface area contributed by atoms with Crippen molar-refractivity contribution in [2.45, 2.75) is 31.8 Å². The number of aryl methyl sites for hydroxylation is 2. The molecule has 0 N–H and O–H groups in total. The first-order valence-corrected chi connectivity index (χ1v) is 11.3. The Bertz CT molecular complexity index is 984. The molecule has 156 valence electrons. The van der Waals surface area contributed by atoms with Crippen molar-refractivity contribution in [3.8, 4) is 5.75 Å². The van der Waals surface area contributed by atoms with Gasteiger partial charge in [0.05, 0.1) is 4.90 Å². The zero-order chi connectivity index (χ0) is 21.2. The van der Waals surface area contributed by atoms with Gasteiger partial charge in [0.2, 0.25) is 10.0 Å². The van der Waals surface area contributed by atoms with Crippen LogP contribution in [0.1, 0.15) is 18.1 Å². The van der Waals surface area contributed by atoms with E-state index in [0.29, 0.717) is 23.9 Å². The number of carbonyl (C=O) groups is 1. The van der Waals surface area contributed by atoms with E-state index >= 15 is 0 Å². The Balaban J connectivity index is 1.60. The van der Waals surface area contributed by atoms with Crippen LogP contribution in [0.5, 0.6) is 5.75 Å². The van der Waals surface area contributed by atoms with Crippen LogP contribution in [0.15, 0.2) is 47.4 Å². The van der Waals surface area contributed by atoms with Gasteiger partial charge < -0.3 is 9.64 Å². The van der Waals surface area contributed by atoms with Gasteiger partial charge in [-0.2, -0.15) is 4.31 Å². The van der Waals surface area contributed by atoms with Crippen molar-refractivity contribution in [1.29, 1.82) is 0 Å². The lowest BCUT2D eigenvalue weighted by molar-refractivity contribution is -0.139. The summed E-state index contributed by atoms with van der Waals surface area (Å²) < 4.78 is 32.8. The van der Waals surface area contributed by atoms with Crippen LogP contribution >= 0.6 is 11.6 Å². The molecule has 1 aliphatic rings. The molecule has 0 spiro atoms. The molecule has 0 aliphatic carbocycles. The van der Waals surface area contributed by atoms with Gasteiger partial charge in [0.15, 0.2) is 6.10 Å². The van der Waals surface area contributed by atoms with E-state index in [0.717, 1.165) is 11.1 Å². The summed E-state index contributed by atoms with van der Waals surface area (Å²) in [5.41, 5.74) is 1.88. The van der Waals surface area contributed by atoms with Crippen LogP contribution in [-0.2, 0) is 14.8 Å². The lowest BCUT2D eigenvalue weighted by Crippen LogP contribution is -2.53. The first-order chi connectivity index (χ1) is 13.7. The van der Waals surface area contributed by atoms with Crippen LogP contribution in [0, 0.1) is 13.8 Å². The standard InChI is InChI=1S/C21H25ClN2O4S/c1-15-4-7-19(8-5-15)29(26,27)24-12-10-23(11-13-24)21(25)17(3)28-18-6-9-20(22)16(2)14-18/h4-9,14,17H,10-13H2,1-3H3. The summed E-state index contributed by atoms with van der Waals surface area (Å²) in [7, 11) is -3.55. The van der Waals surface area contributed by atoms with Crippen molar-refractivity contribution >= 4 is 27.5 Å². The van der Waals surface area contributed by atoms with Gasteiger partial charge in [0.1, 0.15) is 5.75 Å². The summed E-state index contributed by atoms with van der Waals surface area (Å²) in [6.07, 6.45) is -0.671. The van der Waals surface area contributed by atoms with E-state index in [1.165, 1.54) is 4.31 Å². The highest BCUT2D eigenvalue weighted by Gasteiger charge is 2.32. The van der Waals surface area contributed by atoms with Gasteiger partial charge in [-0.25, -0.2) is 8.42 Å². The third kappa shape index (κ3) is 4.91. The Morgan fingerprint density at radius 1 is 1.03 bits per heavy atom. The first kappa shape index (κ1) is 21.6. The maximum Gasteiger partial charge on any atom is 0.263 e. The third-order valence-corrected chi connectivity index (χ3v) is 7.34. The van der Waals surface area contributed by atoms with Crippen molar-refractivity contribution in [3.63, 3.8) is 0 Å². The van der Waals surface area contributed by atoms with Gasteiger partial charge in [-0.1, -0.05) is 29.3 Å². The quantitative estimate of drug-likeness (QED) is 0.721. The highest BCUT2D eigenvalue weighted by molar-refractivity contribution is 7.89. The van der Waals surface area contributed by atoms with E-state index in [4.69, 9.17) is 16.3 Å². The summed E-state index contributed by atoms with van der Waals surface area (Å²) in [6.45, 7) is 6.66. The van der Waals surface area contributed by atoms with Gasteiger partial charge in [-0.15, -0.1) is 0 Å². The fourth-order valence-corrected chi connectivity index (χ4v) is 4.75. The van der Waals surface area contributed by atoms with Crippen molar-refractivity contribution in [3.05, 3.63) is 58.6 Å². The fourth-order valence-electron chi connectivity index (χ4n) is 3.21. The van der Waals surface area contributed by atoms with Crippen molar-refractivity contribution in [2.75, 3.05) is 26.2 Å². The zero-order valence-electron chi connectivity index (χ0n) is 16.8. The lowest BCUT2D eigenvalue weighted by Gasteiger charge is -2.35. The van der Waals surface area contributed by atoms with Crippen molar-refractivity contribution in [1.82, 2.24) is 9.21 Å². The van der Waals surface area contributed by atoms with Crippen LogP contribution in [0.4, 0.5) is 0 Å². The molecule has 2 aromatic rings. The molecule has 1 fully saturated rings. The second kappa shape index (κ2) is 8.73. The Hall–Kier alpha value is -2.09. The Kier molecular flexibility index (Phi) is 6.51. The minimum absolute atomic E-state index is 0.162. The molecule has 1 saturated heterocycles. The molecule has 1 aliphatic heterocycles. The maximum atomic E-state index is 12.8. The summed E-state index contributed by atoms with van der Waals surface area (Å²) >= 11 is 6.02. The molecule has 29 heavy (non-hydrogen) atoms. The number of ether oxygens (including phenoxy) is 1. The number of hydrogen-bond acceptors (Lipinski definition) is 4. The first-order valence-electron chi connectivity index (χ1n) is 9.47. The maximum absolute atomic E-state index is 12.8. The number of rotatable bonds is 5. The predicted octanol–water partition coefficient (Wildman–Crippen LogP) is 3.26. The Morgan fingerprint density at radius 3 is 2.24 bits per heavy atom. The largest absolute Gasteiger partial charge is 0.481 e.